The summed E-state index contributed by atoms with van der Waals surface area (Å²) < 4.78 is 52.1. The summed E-state index contributed by atoms with van der Waals surface area (Å²) in [6.45, 7) is 1.30. The van der Waals surface area contributed by atoms with E-state index in [2.05, 4.69) is 14.7 Å². The maximum absolute atomic E-state index is 12.4. The molecule has 1 aromatic heterocycles. The van der Waals surface area contributed by atoms with Crippen molar-refractivity contribution in [1.29, 1.82) is 0 Å². The van der Waals surface area contributed by atoms with Crippen LogP contribution < -0.4 is 9.64 Å². The summed E-state index contributed by atoms with van der Waals surface area (Å²) in [6.07, 6.45) is -1.58. The van der Waals surface area contributed by atoms with Gasteiger partial charge < -0.3 is 19.4 Å². The minimum Gasteiger partial charge on any atom is -0.406 e. The molecule has 1 fully saturated rings. The molecule has 2 N–H and O–H groups in total. The summed E-state index contributed by atoms with van der Waals surface area (Å²) in [5, 5.41) is 0.626. The van der Waals surface area contributed by atoms with E-state index in [-0.39, 0.29) is 17.8 Å². The molecule has 7 nitrogen and oxygen atoms in total. The molecule has 1 saturated heterocycles. The summed E-state index contributed by atoms with van der Waals surface area (Å²) in [7, 11) is -3.98. The molecule has 1 aliphatic heterocycles. The summed E-state index contributed by atoms with van der Waals surface area (Å²) in [4.78, 5) is 28.3. The lowest BCUT2D eigenvalue weighted by Gasteiger charge is -2.33. The van der Waals surface area contributed by atoms with Crippen molar-refractivity contribution in [2.75, 3.05) is 24.2 Å². The molecule has 1 aliphatic rings. The van der Waals surface area contributed by atoms with Crippen LogP contribution in [0.2, 0.25) is 0 Å². The lowest BCUT2D eigenvalue weighted by atomic mass is 9.94. The number of hydrogen-bond donors (Lipinski definition) is 2. The lowest BCUT2D eigenvalue weighted by Crippen LogP contribution is -2.34. The van der Waals surface area contributed by atoms with E-state index in [1.165, 1.54) is 24.5 Å². The van der Waals surface area contributed by atoms with Crippen LogP contribution in [-0.2, 0) is 4.57 Å². The second-order valence-electron chi connectivity index (χ2n) is 6.53. The summed E-state index contributed by atoms with van der Waals surface area (Å²) in [6, 6.07) is 3.96. The third kappa shape index (κ3) is 5.54. The standard InChI is InChI=1S/C16H19F3N3O4P/c17-16(18,19)26-12-1-2-13-14(9-12)20-10-21-15(13)22-6-3-11(4-7-22)5-8-27(23,24)25/h1-2,9-11H,3-8H2,(H2,23,24,25). The molecule has 3 rings (SSSR count). The Morgan fingerprint density at radius 3 is 2.56 bits per heavy atom. The largest absolute Gasteiger partial charge is 0.573 e. The van der Waals surface area contributed by atoms with Crippen LogP contribution in [0, 0.1) is 5.92 Å². The van der Waals surface area contributed by atoms with Gasteiger partial charge in [-0.15, -0.1) is 13.2 Å². The van der Waals surface area contributed by atoms with Gasteiger partial charge in [-0.3, -0.25) is 4.57 Å². The van der Waals surface area contributed by atoms with Crippen molar-refractivity contribution in [1.82, 2.24) is 9.97 Å². The molecule has 2 heterocycles. The van der Waals surface area contributed by atoms with E-state index in [0.717, 1.165) is 12.8 Å². The predicted octanol–water partition coefficient (Wildman–Crippen LogP) is 3.31. The highest BCUT2D eigenvalue weighted by Crippen LogP contribution is 2.38. The Bertz CT molecular complexity index is 850. The van der Waals surface area contributed by atoms with Crippen LogP contribution in [0.5, 0.6) is 5.75 Å². The SMILES string of the molecule is O=P(O)(O)CCC1CCN(c2ncnc3cc(OC(F)(F)F)ccc23)CC1. The first-order valence-electron chi connectivity index (χ1n) is 8.41. The van der Waals surface area contributed by atoms with E-state index < -0.39 is 14.0 Å². The van der Waals surface area contributed by atoms with Gasteiger partial charge in [0.15, 0.2) is 0 Å². The van der Waals surface area contributed by atoms with Crippen molar-refractivity contribution in [2.24, 2.45) is 5.92 Å². The molecule has 0 radical (unpaired) electrons. The van der Waals surface area contributed by atoms with Gasteiger partial charge in [0.1, 0.15) is 17.9 Å². The number of ether oxygens (including phenoxy) is 1. The first-order valence-corrected chi connectivity index (χ1v) is 10.2. The van der Waals surface area contributed by atoms with Crippen molar-refractivity contribution >= 4 is 24.3 Å². The van der Waals surface area contributed by atoms with E-state index >= 15 is 0 Å². The maximum atomic E-state index is 12.4. The number of benzene rings is 1. The molecule has 0 atom stereocenters. The number of aromatic nitrogens is 2. The van der Waals surface area contributed by atoms with Gasteiger partial charge in [-0.05, 0) is 37.3 Å². The van der Waals surface area contributed by atoms with Crippen molar-refractivity contribution < 1.29 is 32.3 Å². The fraction of sp³-hybridized carbons (Fsp3) is 0.500. The maximum Gasteiger partial charge on any atom is 0.573 e. The van der Waals surface area contributed by atoms with Crippen LogP contribution in [0.4, 0.5) is 19.0 Å². The second kappa shape index (κ2) is 7.61. The Kier molecular flexibility index (Phi) is 5.60. The zero-order chi connectivity index (χ0) is 19.7. The van der Waals surface area contributed by atoms with Gasteiger partial charge in [0.25, 0.3) is 0 Å². The molecule has 148 valence electrons. The Balaban J connectivity index is 1.71. The fourth-order valence-corrected chi connectivity index (χ4v) is 3.96. The van der Waals surface area contributed by atoms with Crippen molar-refractivity contribution in [2.45, 2.75) is 25.6 Å². The van der Waals surface area contributed by atoms with E-state index in [0.29, 0.717) is 36.2 Å². The van der Waals surface area contributed by atoms with E-state index in [4.69, 9.17) is 9.79 Å². The zero-order valence-corrected chi connectivity index (χ0v) is 15.2. The van der Waals surface area contributed by atoms with Crippen molar-refractivity contribution in [3.63, 3.8) is 0 Å². The molecule has 2 aromatic rings. The van der Waals surface area contributed by atoms with Gasteiger partial charge in [0.05, 0.1) is 11.7 Å². The molecule has 11 heteroatoms. The van der Waals surface area contributed by atoms with Crippen LogP contribution >= 0.6 is 7.60 Å². The number of nitrogens with zero attached hydrogens (tertiary/aromatic N) is 3. The van der Waals surface area contributed by atoms with Crippen LogP contribution in [0.1, 0.15) is 19.3 Å². The first-order chi connectivity index (χ1) is 12.6. The van der Waals surface area contributed by atoms with Crippen LogP contribution in [0.15, 0.2) is 24.5 Å². The lowest BCUT2D eigenvalue weighted by molar-refractivity contribution is -0.274. The number of anilines is 1. The van der Waals surface area contributed by atoms with E-state index in [1.807, 2.05) is 4.90 Å². The number of hydrogen-bond acceptors (Lipinski definition) is 5. The summed E-state index contributed by atoms with van der Waals surface area (Å²) in [5.41, 5.74) is 0.352. The summed E-state index contributed by atoms with van der Waals surface area (Å²) >= 11 is 0. The van der Waals surface area contributed by atoms with Crippen LogP contribution in [-0.4, -0.2) is 45.4 Å². The Morgan fingerprint density at radius 1 is 1.22 bits per heavy atom. The topological polar surface area (TPSA) is 95.8 Å². The van der Waals surface area contributed by atoms with E-state index in [1.54, 1.807) is 0 Å². The minimum absolute atomic E-state index is 0.115. The molecule has 0 amide bonds. The molecular weight excluding hydrogens is 386 g/mol. The van der Waals surface area contributed by atoms with Gasteiger partial charge >= 0.3 is 14.0 Å². The molecule has 1 aromatic carbocycles. The second-order valence-corrected chi connectivity index (χ2v) is 8.31. The van der Waals surface area contributed by atoms with Gasteiger partial charge in [-0.1, -0.05) is 0 Å². The molecule has 27 heavy (non-hydrogen) atoms. The van der Waals surface area contributed by atoms with Gasteiger partial charge in [-0.25, -0.2) is 9.97 Å². The number of rotatable bonds is 5. The Labute approximate surface area is 153 Å². The summed E-state index contributed by atoms with van der Waals surface area (Å²) in [5.74, 6) is 0.525. The quantitative estimate of drug-likeness (QED) is 0.737. The van der Waals surface area contributed by atoms with Gasteiger partial charge in [0.2, 0.25) is 0 Å². The molecule has 0 saturated carbocycles. The normalized spacial score (nSPS) is 16.7. The van der Waals surface area contributed by atoms with Crippen LogP contribution in [0.3, 0.4) is 0 Å². The molecule has 0 aliphatic carbocycles. The third-order valence-electron chi connectivity index (χ3n) is 4.56. The molecule has 0 unspecified atom stereocenters. The highest BCUT2D eigenvalue weighted by atomic mass is 31.2. The third-order valence-corrected chi connectivity index (χ3v) is 5.40. The van der Waals surface area contributed by atoms with Gasteiger partial charge in [-0.2, -0.15) is 0 Å². The van der Waals surface area contributed by atoms with Crippen molar-refractivity contribution in [3.8, 4) is 5.75 Å². The number of halogens is 3. The Hall–Kier alpha value is -1.90. The number of alkyl halides is 3. The highest BCUT2D eigenvalue weighted by molar-refractivity contribution is 7.51. The average Bonchev–Trinajstić information content (AvgIpc) is 2.58. The van der Waals surface area contributed by atoms with Gasteiger partial charge in [0, 0.05) is 24.5 Å². The fourth-order valence-electron chi connectivity index (χ4n) is 3.26. The molecule has 0 bridgehead atoms. The monoisotopic (exact) mass is 405 g/mol. The molecule has 0 spiro atoms. The van der Waals surface area contributed by atoms with Crippen LogP contribution in [0.25, 0.3) is 10.9 Å². The molecular formula is C16H19F3N3O4P. The Morgan fingerprint density at radius 2 is 1.93 bits per heavy atom. The number of fused-ring (bicyclic) bond motifs is 1. The predicted molar refractivity (Wildman–Crippen MR) is 92.7 cm³/mol. The first kappa shape index (κ1) is 19.9. The highest BCUT2D eigenvalue weighted by Gasteiger charge is 2.31. The average molecular weight is 405 g/mol. The number of piperidine rings is 1. The van der Waals surface area contributed by atoms with E-state index in [9.17, 15) is 17.7 Å². The minimum atomic E-state index is -4.77. The smallest absolute Gasteiger partial charge is 0.406 e. The zero-order valence-electron chi connectivity index (χ0n) is 14.3. The van der Waals surface area contributed by atoms with Crippen molar-refractivity contribution in [3.05, 3.63) is 24.5 Å².